The number of carbonyl (C=O) groups excluding carboxylic acids is 1. The number of benzene rings is 1. The van der Waals surface area contributed by atoms with Crippen molar-refractivity contribution >= 4 is 23.6 Å². The summed E-state index contributed by atoms with van der Waals surface area (Å²) in [4.78, 5) is 12.6. The summed E-state index contributed by atoms with van der Waals surface area (Å²) in [5, 5.41) is 11.2. The van der Waals surface area contributed by atoms with Crippen molar-refractivity contribution < 1.29 is 14.1 Å². The topological polar surface area (TPSA) is 82.2 Å². The summed E-state index contributed by atoms with van der Waals surface area (Å²) >= 11 is 1.75. The molecule has 0 spiro atoms. The third-order valence-corrected chi connectivity index (χ3v) is 5.03. The molecule has 0 radical (unpaired) electrons. The zero-order chi connectivity index (χ0) is 17.4. The number of nitrogens with zero attached hydrogens (tertiary/aromatic N) is 3. The summed E-state index contributed by atoms with van der Waals surface area (Å²) in [7, 11) is 3.35. The first kappa shape index (κ1) is 15.8. The van der Waals surface area contributed by atoms with Crippen LogP contribution in [0, 0.1) is 0 Å². The molecule has 128 valence electrons. The smallest absolute Gasteiger partial charge is 0.276 e. The fourth-order valence-corrected chi connectivity index (χ4v) is 3.75. The van der Waals surface area contributed by atoms with E-state index in [1.165, 1.54) is 0 Å². The van der Waals surface area contributed by atoms with Crippen LogP contribution in [0.5, 0.6) is 5.75 Å². The molecule has 1 aromatic carbocycles. The van der Waals surface area contributed by atoms with Gasteiger partial charge >= 0.3 is 0 Å². The van der Waals surface area contributed by atoms with E-state index in [0.717, 1.165) is 34.1 Å². The lowest BCUT2D eigenvalue weighted by Crippen LogP contribution is -2.16. The maximum absolute atomic E-state index is 12.6. The molecule has 1 aliphatic rings. The highest BCUT2D eigenvalue weighted by Gasteiger charge is 2.24. The van der Waals surface area contributed by atoms with Crippen LogP contribution in [0.15, 0.2) is 34.9 Å². The monoisotopic (exact) mass is 356 g/mol. The number of nitrogens with one attached hydrogen (secondary N) is 1. The Morgan fingerprint density at radius 2 is 2.24 bits per heavy atom. The molecule has 0 atom stereocenters. The number of hydrogen-bond acceptors (Lipinski definition) is 6. The first-order valence-electron chi connectivity index (χ1n) is 7.70. The molecule has 0 bridgehead atoms. The van der Waals surface area contributed by atoms with Gasteiger partial charge in [-0.15, -0.1) is 0 Å². The zero-order valence-corrected chi connectivity index (χ0v) is 14.6. The largest absolute Gasteiger partial charge is 0.497 e. The Morgan fingerprint density at radius 1 is 1.36 bits per heavy atom. The lowest BCUT2D eigenvalue weighted by Gasteiger charge is -2.02. The van der Waals surface area contributed by atoms with Crippen LogP contribution in [0.3, 0.4) is 0 Å². The van der Waals surface area contributed by atoms with E-state index in [1.807, 2.05) is 24.3 Å². The minimum absolute atomic E-state index is 0.278. The first-order valence-corrected chi connectivity index (χ1v) is 8.86. The van der Waals surface area contributed by atoms with Gasteiger partial charge in [0, 0.05) is 24.1 Å². The molecule has 1 aliphatic heterocycles. The molecule has 0 fully saturated rings. The minimum atomic E-state index is -0.278. The first-order chi connectivity index (χ1) is 12.2. The molecule has 8 heteroatoms. The molecule has 25 heavy (non-hydrogen) atoms. The van der Waals surface area contributed by atoms with Crippen LogP contribution >= 0.6 is 11.8 Å². The van der Waals surface area contributed by atoms with Gasteiger partial charge in [-0.1, -0.05) is 17.3 Å². The molecule has 7 nitrogen and oxygen atoms in total. The highest BCUT2D eigenvalue weighted by Crippen LogP contribution is 2.34. The van der Waals surface area contributed by atoms with Gasteiger partial charge in [0.15, 0.2) is 0 Å². The maximum Gasteiger partial charge on any atom is 0.276 e. The van der Waals surface area contributed by atoms with Crippen LogP contribution in [-0.4, -0.2) is 28.0 Å². The van der Waals surface area contributed by atoms with Crippen molar-refractivity contribution in [2.24, 2.45) is 7.05 Å². The minimum Gasteiger partial charge on any atom is -0.497 e. The van der Waals surface area contributed by atoms with E-state index in [0.29, 0.717) is 17.3 Å². The normalized spacial score (nSPS) is 12.9. The Morgan fingerprint density at radius 3 is 3.08 bits per heavy atom. The molecular weight excluding hydrogens is 340 g/mol. The van der Waals surface area contributed by atoms with Crippen LogP contribution in [0.25, 0.3) is 11.3 Å². The second-order valence-corrected chi connectivity index (χ2v) is 6.64. The number of aromatic nitrogens is 3. The molecule has 0 aliphatic carbocycles. The summed E-state index contributed by atoms with van der Waals surface area (Å²) < 4.78 is 12.0. The fourth-order valence-electron chi connectivity index (χ4n) is 2.72. The number of carbonyl (C=O) groups is 1. The summed E-state index contributed by atoms with van der Waals surface area (Å²) in [6.45, 7) is 0. The Labute approximate surface area is 148 Å². The number of fused-ring (bicyclic) bond motifs is 1. The van der Waals surface area contributed by atoms with Crippen LogP contribution in [0.4, 0.5) is 5.88 Å². The highest BCUT2D eigenvalue weighted by molar-refractivity contribution is 7.98. The Kier molecular flexibility index (Phi) is 3.96. The number of hydrogen-bond donors (Lipinski definition) is 1. The van der Waals surface area contributed by atoms with E-state index in [-0.39, 0.29) is 5.91 Å². The van der Waals surface area contributed by atoms with E-state index < -0.39 is 0 Å². The van der Waals surface area contributed by atoms with Crippen LogP contribution in [0.1, 0.15) is 21.7 Å². The zero-order valence-electron chi connectivity index (χ0n) is 13.8. The van der Waals surface area contributed by atoms with Gasteiger partial charge < -0.3 is 9.26 Å². The van der Waals surface area contributed by atoms with Crippen molar-refractivity contribution in [1.82, 2.24) is 14.9 Å². The van der Waals surface area contributed by atoms with Crippen molar-refractivity contribution in [3.05, 3.63) is 47.3 Å². The van der Waals surface area contributed by atoms with E-state index in [1.54, 1.807) is 36.7 Å². The lowest BCUT2D eigenvalue weighted by molar-refractivity contribution is 0.101. The molecule has 0 saturated carbocycles. The molecule has 2 aromatic heterocycles. The fraction of sp³-hybridized carbons (Fsp3) is 0.235. The second-order valence-electron chi connectivity index (χ2n) is 5.65. The van der Waals surface area contributed by atoms with Gasteiger partial charge in [0.05, 0.1) is 24.1 Å². The van der Waals surface area contributed by atoms with Crippen LogP contribution in [0.2, 0.25) is 0 Å². The number of methoxy groups -OCH3 is 1. The van der Waals surface area contributed by atoms with Gasteiger partial charge in [0.25, 0.3) is 5.91 Å². The Hall–Kier alpha value is -2.74. The molecule has 0 unspecified atom stereocenters. The van der Waals surface area contributed by atoms with E-state index in [2.05, 4.69) is 15.6 Å². The summed E-state index contributed by atoms with van der Waals surface area (Å²) in [6, 6.07) is 9.30. The molecule has 1 amide bonds. The number of aryl methyl sites for hydroxylation is 1. The second kappa shape index (κ2) is 6.29. The standard InChI is InChI=1S/C17H16N4O3S/c1-21-15(7-13(19-21)10-4-3-5-11(6-10)23-2)16(22)18-17-12-8-25-9-14(12)20-24-17/h3-7H,8-9H2,1-2H3,(H,18,22). The van der Waals surface area contributed by atoms with Gasteiger partial charge in [0.1, 0.15) is 11.4 Å². The molecule has 0 saturated heterocycles. The van der Waals surface area contributed by atoms with E-state index >= 15 is 0 Å². The number of thioether (sulfide) groups is 1. The lowest BCUT2D eigenvalue weighted by atomic mass is 10.1. The van der Waals surface area contributed by atoms with Gasteiger partial charge in [-0.2, -0.15) is 16.9 Å². The summed E-state index contributed by atoms with van der Waals surface area (Å²) in [5.41, 5.74) is 3.89. The number of amides is 1. The molecule has 4 rings (SSSR count). The average Bonchev–Trinajstić information content (AvgIpc) is 3.32. The predicted octanol–water partition coefficient (Wildman–Crippen LogP) is 3.08. The highest BCUT2D eigenvalue weighted by atomic mass is 32.2. The Bertz CT molecular complexity index is 947. The van der Waals surface area contributed by atoms with Gasteiger partial charge in [-0.3, -0.25) is 14.8 Å². The van der Waals surface area contributed by atoms with E-state index in [4.69, 9.17) is 9.26 Å². The SMILES string of the molecule is COc1cccc(-c2cc(C(=O)Nc3onc4c3CSC4)n(C)n2)c1. The van der Waals surface area contributed by atoms with Crippen molar-refractivity contribution in [2.75, 3.05) is 12.4 Å². The molecule has 1 N–H and O–H groups in total. The molecule has 3 heterocycles. The van der Waals surface area contributed by atoms with Crippen molar-refractivity contribution in [3.8, 4) is 17.0 Å². The van der Waals surface area contributed by atoms with Crippen LogP contribution in [-0.2, 0) is 18.6 Å². The number of rotatable bonds is 4. The third kappa shape index (κ3) is 2.89. The van der Waals surface area contributed by atoms with Crippen LogP contribution < -0.4 is 10.1 Å². The van der Waals surface area contributed by atoms with Crippen molar-refractivity contribution in [2.45, 2.75) is 11.5 Å². The number of ether oxygens (including phenoxy) is 1. The molecule has 3 aromatic rings. The summed E-state index contributed by atoms with van der Waals surface area (Å²) in [6.07, 6.45) is 0. The summed E-state index contributed by atoms with van der Waals surface area (Å²) in [5.74, 6) is 2.51. The quantitative estimate of drug-likeness (QED) is 0.774. The average molecular weight is 356 g/mol. The van der Waals surface area contributed by atoms with Gasteiger partial charge in [0.2, 0.25) is 5.88 Å². The molecular formula is C17H16N4O3S. The van der Waals surface area contributed by atoms with Gasteiger partial charge in [-0.05, 0) is 18.2 Å². The number of anilines is 1. The van der Waals surface area contributed by atoms with Crippen molar-refractivity contribution in [3.63, 3.8) is 0 Å². The Balaban J connectivity index is 1.60. The van der Waals surface area contributed by atoms with Crippen molar-refractivity contribution in [1.29, 1.82) is 0 Å². The maximum atomic E-state index is 12.6. The third-order valence-electron chi connectivity index (χ3n) is 4.06. The predicted molar refractivity (Wildman–Crippen MR) is 94.7 cm³/mol. The van der Waals surface area contributed by atoms with E-state index in [9.17, 15) is 4.79 Å². The van der Waals surface area contributed by atoms with Gasteiger partial charge in [-0.25, -0.2) is 0 Å².